The Bertz CT molecular complexity index is 533. The third kappa shape index (κ3) is 1.46. The molecule has 0 saturated heterocycles. The van der Waals surface area contributed by atoms with Crippen LogP contribution in [0, 0.1) is 6.92 Å². The Morgan fingerprint density at radius 2 is 2.29 bits per heavy atom. The fourth-order valence-electron chi connectivity index (χ4n) is 1.49. The molecule has 3 nitrogen and oxygen atoms in total. The number of hydrogen-bond acceptors (Lipinski definition) is 2. The van der Waals surface area contributed by atoms with Crippen molar-refractivity contribution >= 4 is 26.8 Å². The van der Waals surface area contributed by atoms with Crippen LogP contribution in [0.15, 0.2) is 23.0 Å². The molecule has 0 unspecified atom stereocenters. The average Bonchev–Trinajstić information content (AvgIpc) is 2.16. The lowest BCUT2D eigenvalue weighted by atomic mass is 10.1. The van der Waals surface area contributed by atoms with Gasteiger partial charge in [-0.3, -0.25) is 4.79 Å². The van der Waals surface area contributed by atoms with Gasteiger partial charge in [0.15, 0.2) is 0 Å². The molecule has 14 heavy (non-hydrogen) atoms. The maximum absolute atomic E-state index is 11.7. The molecule has 0 saturated carbocycles. The summed E-state index contributed by atoms with van der Waals surface area (Å²) in [5.41, 5.74) is 1.65. The van der Waals surface area contributed by atoms with E-state index < -0.39 is 0 Å². The second-order valence-electron chi connectivity index (χ2n) is 3.10. The number of fused-ring (bicyclic) bond motifs is 1. The van der Waals surface area contributed by atoms with Gasteiger partial charge in [-0.2, -0.15) is 0 Å². The fourth-order valence-corrected chi connectivity index (χ4v) is 1.96. The van der Waals surface area contributed by atoms with Crippen molar-refractivity contribution < 1.29 is 0 Å². The van der Waals surface area contributed by atoms with Gasteiger partial charge < -0.3 is 4.98 Å². The van der Waals surface area contributed by atoms with Crippen molar-refractivity contribution in [3.05, 3.63) is 39.9 Å². The molecule has 0 amide bonds. The standard InChI is InChI=1S/C10H9BrN2O/c1-6-12-8-4-2-3-7(5-11)9(8)10(14)13-6/h2-4H,5H2,1H3,(H,12,13,14). The molecule has 1 heterocycles. The summed E-state index contributed by atoms with van der Waals surface area (Å²) in [4.78, 5) is 18.6. The first-order valence-electron chi connectivity index (χ1n) is 4.27. The molecule has 0 spiro atoms. The number of alkyl halides is 1. The molecule has 0 atom stereocenters. The summed E-state index contributed by atoms with van der Waals surface area (Å²) < 4.78 is 0. The smallest absolute Gasteiger partial charge is 0.259 e. The first kappa shape index (κ1) is 9.40. The normalized spacial score (nSPS) is 10.7. The Balaban J connectivity index is 2.94. The van der Waals surface area contributed by atoms with Crippen LogP contribution in [-0.2, 0) is 5.33 Å². The number of halogens is 1. The summed E-state index contributed by atoms with van der Waals surface area (Å²) in [6.45, 7) is 1.78. The van der Waals surface area contributed by atoms with Crippen molar-refractivity contribution in [2.75, 3.05) is 0 Å². The molecule has 2 rings (SSSR count). The van der Waals surface area contributed by atoms with Crippen LogP contribution in [0.2, 0.25) is 0 Å². The van der Waals surface area contributed by atoms with Crippen LogP contribution in [0.3, 0.4) is 0 Å². The number of aromatic nitrogens is 2. The molecule has 1 N–H and O–H groups in total. The van der Waals surface area contributed by atoms with Crippen molar-refractivity contribution in [2.24, 2.45) is 0 Å². The van der Waals surface area contributed by atoms with E-state index in [2.05, 4.69) is 25.9 Å². The Morgan fingerprint density at radius 1 is 1.50 bits per heavy atom. The Labute approximate surface area is 89.3 Å². The minimum absolute atomic E-state index is 0.0671. The van der Waals surface area contributed by atoms with Crippen LogP contribution < -0.4 is 5.56 Å². The molecule has 2 aromatic rings. The minimum Gasteiger partial charge on any atom is -0.310 e. The van der Waals surface area contributed by atoms with Crippen LogP contribution in [0.1, 0.15) is 11.4 Å². The van der Waals surface area contributed by atoms with E-state index >= 15 is 0 Å². The Morgan fingerprint density at radius 3 is 3.00 bits per heavy atom. The van der Waals surface area contributed by atoms with Gasteiger partial charge in [0, 0.05) is 5.33 Å². The molecule has 72 valence electrons. The molecule has 0 aliphatic rings. The van der Waals surface area contributed by atoms with Crippen LogP contribution in [0.25, 0.3) is 10.9 Å². The van der Waals surface area contributed by atoms with Gasteiger partial charge >= 0.3 is 0 Å². The van der Waals surface area contributed by atoms with E-state index in [1.165, 1.54) is 0 Å². The maximum Gasteiger partial charge on any atom is 0.259 e. The van der Waals surface area contributed by atoms with Crippen LogP contribution in [0.5, 0.6) is 0 Å². The van der Waals surface area contributed by atoms with Crippen LogP contribution in [0.4, 0.5) is 0 Å². The highest BCUT2D eigenvalue weighted by Crippen LogP contribution is 2.15. The topological polar surface area (TPSA) is 45.8 Å². The van der Waals surface area contributed by atoms with Crippen molar-refractivity contribution in [3.8, 4) is 0 Å². The van der Waals surface area contributed by atoms with E-state index in [0.29, 0.717) is 16.5 Å². The van der Waals surface area contributed by atoms with E-state index in [4.69, 9.17) is 0 Å². The van der Waals surface area contributed by atoms with E-state index in [0.717, 1.165) is 11.1 Å². The first-order valence-corrected chi connectivity index (χ1v) is 5.39. The summed E-state index contributed by atoms with van der Waals surface area (Å²) in [7, 11) is 0. The molecular weight excluding hydrogens is 244 g/mol. The van der Waals surface area contributed by atoms with E-state index in [1.807, 2.05) is 18.2 Å². The van der Waals surface area contributed by atoms with Gasteiger partial charge in [-0.15, -0.1) is 0 Å². The predicted octanol–water partition coefficient (Wildman–Crippen LogP) is 2.13. The maximum atomic E-state index is 11.7. The zero-order valence-electron chi connectivity index (χ0n) is 7.67. The van der Waals surface area contributed by atoms with Gasteiger partial charge in [-0.1, -0.05) is 28.1 Å². The molecule has 0 aliphatic carbocycles. The molecule has 0 radical (unpaired) electrons. The molecule has 0 bridgehead atoms. The summed E-state index contributed by atoms with van der Waals surface area (Å²) >= 11 is 3.35. The summed E-state index contributed by atoms with van der Waals surface area (Å²) in [6.07, 6.45) is 0. The van der Waals surface area contributed by atoms with Gasteiger partial charge in [0.25, 0.3) is 5.56 Å². The van der Waals surface area contributed by atoms with Gasteiger partial charge in [0.05, 0.1) is 10.9 Å². The molecule has 1 aromatic carbocycles. The third-order valence-corrected chi connectivity index (χ3v) is 2.69. The lowest BCUT2D eigenvalue weighted by molar-refractivity contribution is 1.06. The van der Waals surface area contributed by atoms with E-state index in [9.17, 15) is 4.79 Å². The molecule has 1 aromatic heterocycles. The molecule has 0 fully saturated rings. The number of nitrogens with zero attached hydrogens (tertiary/aromatic N) is 1. The third-order valence-electron chi connectivity index (χ3n) is 2.08. The zero-order chi connectivity index (χ0) is 10.1. The monoisotopic (exact) mass is 252 g/mol. The van der Waals surface area contributed by atoms with Crippen LogP contribution in [-0.4, -0.2) is 9.97 Å². The molecular formula is C10H9BrN2O. The summed E-state index contributed by atoms with van der Waals surface area (Å²) in [5.74, 6) is 0.647. The van der Waals surface area contributed by atoms with Gasteiger partial charge in [0.2, 0.25) is 0 Å². The van der Waals surface area contributed by atoms with Gasteiger partial charge in [-0.05, 0) is 18.6 Å². The highest BCUT2D eigenvalue weighted by Gasteiger charge is 2.05. The fraction of sp³-hybridized carbons (Fsp3) is 0.200. The Kier molecular flexibility index (Phi) is 2.37. The number of rotatable bonds is 1. The van der Waals surface area contributed by atoms with Crippen molar-refractivity contribution in [2.45, 2.75) is 12.3 Å². The van der Waals surface area contributed by atoms with E-state index in [-0.39, 0.29) is 5.56 Å². The van der Waals surface area contributed by atoms with Crippen molar-refractivity contribution in [1.82, 2.24) is 9.97 Å². The average molecular weight is 253 g/mol. The van der Waals surface area contributed by atoms with Gasteiger partial charge in [0.1, 0.15) is 5.82 Å². The lowest BCUT2D eigenvalue weighted by Gasteiger charge is -2.02. The zero-order valence-corrected chi connectivity index (χ0v) is 9.26. The minimum atomic E-state index is -0.0671. The summed E-state index contributed by atoms with van der Waals surface area (Å²) in [6, 6.07) is 5.68. The number of nitrogens with one attached hydrogen (secondary N) is 1. The highest BCUT2D eigenvalue weighted by molar-refractivity contribution is 9.08. The predicted molar refractivity (Wildman–Crippen MR) is 59.7 cm³/mol. The number of aromatic amines is 1. The van der Waals surface area contributed by atoms with Gasteiger partial charge in [-0.25, -0.2) is 4.98 Å². The quantitative estimate of drug-likeness (QED) is 0.791. The second kappa shape index (κ2) is 3.53. The van der Waals surface area contributed by atoms with E-state index in [1.54, 1.807) is 6.92 Å². The second-order valence-corrected chi connectivity index (χ2v) is 3.66. The SMILES string of the molecule is Cc1nc2cccc(CBr)c2c(=O)[nH]1. The number of benzene rings is 1. The first-order chi connectivity index (χ1) is 6.72. The lowest BCUT2D eigenvalue weighted by Crippen LogP contribution is -2.11. The highest BCUT2D eigenvalue weighted by atomic mass is 79.9. The largest absolute Gasteiger partial charge is 0.310 e. The summed E-state index contributed by atoms with van der Waals surface area (Å²) in [5, 5.41) is 1.34. The molecule has 0 aliphatic heterocycles. The van der Waals surface area contributed by atoms with Crippen LogP contribution >= 0.6 is 15.9 Å². The molecule has 4 heteroatoms. The Hall–Kier alpha value is -1.16. The van der Waals surface area contributed by atoms with Crippen molar-refractivity contribution in [3.63, 3.8) is 0 Å². The number of hydrogen-bond donors (Lipinski definition) is 1. The number of H-pyrrole nitrogens is 1. The number of aryl methyl sites for hydroxylation is 1. The van der Waals surface area contributed by atoms with Crippen molar-refractivity contribution in [1.29, 1.82) is 0 Å².